The molecule has 7 heterocycles. The van der Waals surface area contributed by atoms with Crippen molar-refractivity contribution in [2.45, 2.75) is 304 Å². The van der Waals surface area contributed by atoms with E-state index in [0.29, 0.717) is 32.1 Å². The summed E-state index contributed by atoms with van der Waals surface area (Å²) in [7, 11) is 0. The standard InChI is InChI=1S/C69H112O34/c1-27-37(78)41(82)44(85)54(94-27)97-45-34(77)21-91-56(49(45)101-59-51(86)63(5,22-71)25-92-59)98-47-42(83)38(79)28(2)95-57(47)99-46-39(80)33(76)20-90-55(46)103-61(88)68-14-12-62(3,4)16-30(68)29-10-11-36-64(6)17-32(75)53(65(7,23-72)50(64)31(74)18-67(36,9)66(29,8)13-15-68)102-58-48(43(84)40(81)35(19-70)96-58)100-60-52(87)69(89,24-73)26-93-60/h10,27-28,30-60,70-87,89H,11-26H2,1-9H3. The Hall–Kier alpha value is -2.07. The Labute approximate surface area is 596 Å². The number of carbonyl (C=O) groups is 1. The predicted octanol–water partition coefficient (Wildman–Crippen LogP) is -5.76. The van der Waals surface area contributed by atoms with Crippen LogP contribution in [-0.2, 0) is 71.1 Å². The normalized spacial score (nSPS) is 55.8. The van der Waals surface area contributed by atoms with E-state index in [1.54, 1.807) is 6.92 Å². The van der Waals surface area contributed by atoms with Crippen LogP contribution in [0, 0.1) is 55.7 Å². The van der Waals surface area contributed by atoms with Gasteiger partial charge in [-0.2, -0.15) is 0 Å². The number of fused-ring (bicyclic) bond motifs is 7. The van der Waals surface area contributed by atoms with Crippen molar-refractivity contribution < 1.29 is 168 Å². The Balaban J connectivity index is 0.803. The van der Waals surface area contributed by atoms with Crippen LogP contribution in [0.25, 0.3) is 0 Å². The quantitative estimate of drug-likeness (QED) is 0.0345. The first kappa shape index (κ1) is 80.4. The topological polar surface area (TPSA) is 531 Å². The van der Waals surface area contributed by atoms with Crippen LogP contribution in [0.3, 0.4) is 0 Å². The van der Waals surface area contributed by atoms with Gasteiger partial charge in [-0.15, -0.1) is 0 Å². The number of allylic oxidation sites excluding steroid dienone is 2. The minimum atomic E-state index is -2.15. The molecule has 34 heteroatoms. The van der Waals surface area contributed by atoms with Crippen molar-refractivity contribution in [3.05, 3.63) is 11.6 Å². The second-order valence-corrected chi connectivity index (χ2v) is 33.9. The lowest BCUT2D eigenvalue weighted by Crippen LogP contribution is -2.72. The van der Waals surface area contributed by atoms with Crippen LogP contribution in [0.4, 0.5) is 0 Å². The van der Waals surface area contributed by atoms with Gasteiger partial charge in [-0.1, -0.05) is 60.1 Å². The van der Waals surface area contributed by atoms with Crippen LogP contribution in [0.5, 0.6) is 0 Å². The number of aliphatic hydroxyl groups is 19. The summed E-state index contributed by atoms with van der Waals surface area (Å²) in [6.45, 7) is 11.6. The summed E-state index contributed by atoms with van der Waals surface area (Å²) in [5, 5.41) is 214. The molecule has 0 spiro atoms. The molecule has 40 atom stereocenters. The molecule has 0 aromatic carbocycles. The second-order valence-electron chi connectivity index (χ2n) is 33.9. The van der Waals surface area contributed by atoms with Crippen LogP contribution >= 0.6 is 0 Å². The van der Waals surface area contributed by atoms with Gasteiger partial charge in [-0.05, 0) is 98.7 Å². The van der Waals surface area contributed by atoms with Gasteiger partial charge in [-0.3, -0.25) is 4.79 Å². The lowest BCUT2D eigenvalue weighted by molar-refractivity contribution is -0.396. The van der Waals surface area contributed by atoms with E-state index >= 15 is 4.79 Å². The van der Waals surface area contributed by atoms with Gasteiger partial charge in [0.05, 0.1) is 88.8 Å². The molecule has 19 N–H and O–H groups in total. The highest BCUT2D eigenvalue weighted by atomic mass is 16.8. The maximum atomic E-state index is 15.8. The maximum absolute atomic E-state index is 15.8. The van der Waals surface area contributed by atoms with Crippen molar-refractivity contribution in [2.24, 2.45) is 55.7 Å². The summed E-state index contributed by atoms with van der Waals surface area (Å²) >= 11 is 0. The molecule has 12 rings (SSSR count). The molecule has 0 amide bonds. The van der Waals surface area contributed by atoms with Crippen molar-refractivity contribution in [1.82, 2.24) is 0 Å². The van der Waals surface area contributed by atoms with E-state index in [1.165, 1.54) is 20.8 Å². The molecule has 40 unspecified atom stereocenters. The summed E-state index contributed by atoms with van der Waals surface area (Å²) in [6, 6.07) is 0. The number of aliphatic hydroxyl groups excluding tert-OH is 18. The van der Waals surface area contributed by atoms with Gasteiger partial charge in [0.1, 0.15) is 109 Å². The van der Waals surface area contributed by atoms with Gasteiger partial charge in [0.25, 0.3) is 0 Å². The fourth-order valence-electron chi connectivity index (χ4n) is 20.1. The number of hydrogen-bond acceptors (Lipinski definition) is 34. The van der Waals surface area contributed by atoms with E-state index in [-0.39, 0.29) is 37.2 Å². The fourth-order valence-corrected chi connectivity index (χ4v) is 20.1. The van der Waals surface area contributed by atoms with E-state index in [4.69, 9.17) is 66.3 Å². The fraction of sp³-hybridized carbons (Fsp3) is 0.957. The molecule has 0 aromatic heterocycles. The largest absolute Gasteiger partial charge is 0.432 e. The van der Waals surface area contributed by atoms with Crippen molar-refractivity contribution in [3.63, 3.8) is 0 Å². The van der Waals surface area contributed by atoms with E-state index < -0.39 is 287 Å². The van der Waals surface area contributed by atoms with Crippen molar-refractivity contribution >= 4 is 5.97 Å². The number of esters is 1. The Morgan fingerprint density at radius 1 is 0.495 bits per heavy atom. The van der Waals surface area contributed by atoms with Gasteiger partial charge >= 0.3 is 5.97 Å². The molecule has 11 fully saturated rings. The van der Waals surface area contributed by atoms with Crippen molar-refractivity contribution in [3.8, 4) is 0 Å². The van der Waals surface area contributed by atoms with Crippen LogP contribution in [0.2, 0.25) is 0 Å². The van der Waals surface area contributed by atoms with Crippen LogP contribution < -0.4 is 0 Å². The molecule has 5 aliphatic carbocycles. The van der Waals surface area contributed by atoms with E-state index in [0.717, 1.165) is 5.57 Å². The SMILES string of the molecule is CC1OC(OC2C(O)COC(OC3C(OC4C(OC(=O)C56CCC(C)(C)CC5C5=CCC7C8(C)CC(O)C(OC9OC(CO)C(O)C(O)C9OC9OCC(O)(CO)C9O)C(C)(CO)C8C(O)CC7(C)C5(C)CC6)OCC(O)C4O)OC(C)C(O)C3O)C2OC2OCC(C)(CO)C2O)C(O)C(O)C1O. The van der Waals surface area contributed by atoms with Gasteiger partial charge < -0.3 is 163 Å². The molecule has 0 aromatic rings. The van der Waals surface area contributed by atoms with Gasteiger partial charge in [0.2, 0.25) is 6.29 Å². The summed E-state index contributed by atoms with van der Waals surface area (Å²) in [5.41, 5.74) is -8.00. The molecule has 12 aliphatic rings. The van der Waals surface area contributed by atoms with Crippen molar-refractivity contribution in [2.75, 3.05) is 52.9 Å². The van der Waals surface area contributed by atoms with E-state index in [2.05, 4.69) is 33.8 Å². The first-order valence-corrected chi connectivity index (χ1v) is 36.2. The smallest absolute Gasteiger partial charge is 0.315 e. The second kappa shape index (κ2) is 29.5. The molecule has 4 saturated carbocycles. The number of hydrogen-bond donors (Lipinski definition) is 19. The molecule has 103 heavy (non-hydrogen) atoms. The monoisotopic (exact) mass is 1480 g/mol. The third-order valence-electron chi connectivity index (χ3n) is 26.7. The van der Waals surface area contributed by atoms with Gasteiger partial charge in [0, 0.05) is 16.7 Å². The Bertz CT molecular complexity index is 2970. The molecule has 7 saturated heterocycles. The highest BCUT2D eigenvalue weighted by Gasteiger charge is 2.74. The van der Waals surface area contributed by atoms with Crippen molar-refractivity contribution in [1.29, 1.82) is 0 Å². The number of ether oxygens (including phenoxy) is 14. The highest BCUT2D eigenvalue weighted by Crippen LogP contribution is 2.76. The number of carbonyl (C=O) groups excluding carboxylic acids is 1. The molecular formula is C69H112O34. The summed E-state index contributed by atoms with van der Waals surface area (Å²) in [5.74, 6) is -2.31. The third-order valence-corrected chi connectivity index (χ3v) is 26.7. The summed E-state index contributed by atoms with van der Waals surface area (Å²) in [4.78, 5) is 15.8. The Morgan fingerprint density at radius 3 is 1.70 bits per heavy atom. The minimum absolute atomic E-state index is 0.000752. The highest BCUT2D eigenvalue weighted by molar-refractivity contribution is 5.79. The predicted molar refractivity (Wildman–Crippen MR) is 341 cm³/mol. The first-order valence-electron chi connectivity index (χ1n) is 36.2. The summed E-state index contributed by atoms with van der Waals surface area (Å²) < 4.78 is 85.6. The van der Waals surface area contributed by atoms with E-state index in [1.807, 2.05) is 6.92 Å². The molecule has 7 aliphatic heterocycles. The lowest BCUT2D eigenvalue weighted by atomic mass is 9.33. The number of rotatable bonds is 18. The molecule has 0 radical (unpaired) electrons. The van der Waals surface area contributed by atoms with Crippen LogP contribution in [0.1, 0.15) is 114 Å². The first-order chi connectivity index (χ1) is 48.3. The zero-order valence-corrected chi connectivity index (χ0v) is 59.6. The minimum Gasteiger partial charge on any atom is -0.432 e. The van der Waals surface area contributed by atoms with Crippen LogP contribution in [0.15, 0.2) is 11.6 Å². The zero-order valence-electron chi connectivity index (χ0n) is 59.6. The Kier molecular flexibility index (Phi) is 23.1. The maximum Gasteiger partial charge on any atom is 0.315 e. The van der Waals surface area contributed by atoms with Gasteiger partial charge in [0.15, 0.2) is 43.8 Å². The molecule has 34 nitrogen and oxygen atoms in total. The third kappa shape index (κ3) is 13.6. The average molecular weight is 1490 g/mol. The van der Waals surface area contributed by atoms with Crippen LogP contribution in [-0.4, -0.2) is 346 Å². The zero-order chi connectivity index (χ0) is 75.1. The summed E-state index contributed by atoms with van der Waals surface area (Å²) in [6.07, 6.45) is -45.2. The average Bonchev–Trinajstić information content (AvgIpc) is 1.22. The van der Waals surface area contributed by atoms with E-state index in [9.17, 15) is 97.0 Å². The Morgan fingerprint density at radius 2 is 1.06 bits per heavy atom. The molecule has 0 bridgehead atoms. The van der Waals surface area contributed by atoms with Gasteiger partial charge in [-0.25, -0.2) is 0 Å². The lowest BCUT2D eigenvalue weighted by Gasteiger charge is -2.72. The molecular weight excluding hydrogens is 1370 g/mol. The molecule has 592 valence electrons.